The highest BCUT2D eigenvalue weighted by Gasteiger charge is 2.15. The van der Waals surface area contributed by atoms with Crippen LogP contribution in [0.1, 0.15) is 17.4 Å². The lowest BCUT2D eigenvalue weighted by atomic mass is 10.0. The van der Waals surface area contributed by atoms with Crippen LogP contribution in [-0.2, 0) is 0 Å². The van der Waals surface area contributed by atoms with E-state index in [0.717, 1.165) is 25.5 Å². The second-order valence-electron chi connectivity index (χ2n) is 5.38. The number of rotatable bonds is 4. The number of aromatic nitrogens is 1. The first-order valence-electron chi connectivity index (χ1n) is 7.70. The number of pyridine rings is 1. The minimum absolute atomic E-state index is 0.128. The van der Waals surface area contributed by atoms with Gasteiger partial charge in [-0.05, 0) is 71.7 Å². The predicted molar refractivity (Wildman–Crippen MR) is 104 cm³/mol. The van der Waals surface area contributed by atoms with Crippen molar-refractivity contribution in [1.82, 2.24) is 4.98 Å². The molecular weight excluding hydrogens is 400 g/mol. The molecule has 0 saturated carbocycles. The lowest BCUT2D eigenvalue weighted by molar-refractivity contribution is 0.340. The standard InChI is InChI=1S/C19H15BrN2O2S/c1-3-24-13-6-4-12(5-7-13)17-8-14(15(10-21)19(23)22-17)18-9-16(20)11(2)25-18/h4-9H,3H2,1-2H3,(H,22,23). The van der Waals surface area contributed by atoms with Crippen molar-refractivity contribution >= 4 is 27.3 Å². The Bertz CT molecular complexity index is 994. The smallest absolute Gasteiger partial charge is 0.267 e. The van der Waals surface area contributed by atoms with Crippen LogP contribution in [0, 0.1) is 18.3 Å². The summed E-state index contributed by atoms with van der Waals surface area (Å²) < 4.78 is 6.42. The lowest BCUT2D eigenvalue weighted by Crippen LogP contribution is -2.12. The SMILES string of the molecule is CCOc1ccc(-c2cc(-c3cc(Br)c(C)s3)c(C#N)c(=O)[nH]2)cc1. The van der Waals surface area contributed by atoms with Gasteiger partial charge in [-0.2, -0.15) is 5.26 Å². The number of hydrogen-bond donors (Lipinski definition) is 1. The Morgan fingerprint density at radius 2 is 2.00 bits per heavy atom. The number of hydrogen-bond acceptors (Lipinski definition) is 4. The molecule has 2 aromatic heterocycles. The van der Waals surface area contributed by atoms with E-state index in [1.54, 1.807) is 11.3 Å². The summed E-state index contributed by atoms with van der Waals surface area (Å²) in [5.74, 6) is 0.778. The first-order valence-corrected chi connectivity index (χ1v) is 9.31. The van der Waals surface area contributed by atoms with Crippen molar-refractivity contribution in [1.29, 1.82) is 5.26 Å². The highest BCUT2D eigenvalue weighted by Crippen LogP contribution is 2.36. The normalized spacial score (nSPS) is 10.5. The minimum atomic E-state index is -0.383. The fourth-order valence-electron chi connectivity index (χ4n) is 2.51. The molecule has 6 heteroatoms. The Hall–Kier alpha value is -2.36. The highest BCUT2D eigenvalue weighted by atomic mass is 79.9. The molecule has 0 radical (unpaired) electrons. The number of H-pyrrole nitrogens is 1. The first-order chi connectivity index (χ1) is 12.0. The van der Waals surface area contributed by atoms with Crippen LogP contribution < -0.4 is 10.3 Å². The first kappa shape index (κ1) is 17.5. The average molecular weight is 415 g/mol. The fourth-order valence-corrected chi connectivity index (χ4v) is 4.07. The molecule has 0 aliphatic carbocycles. The molecule has 3 aromatic rings. The van der Waals surface area contributed by atoms with Crippen molar-refractivity contribution in [3.8, 4) is 33.5 Å². The maximum Gasteiger partial charge on any atom is 0.267 e. The Labute approximate surface area is 157 Å². The van der Waals surface area contributed by atoms with Crippen LogP contribution in [0.5, 0.6) is 5.75 Å². The summed E-state index contributed by atoms with van der Waals surface area (Å²) in [7, 11) is 0. The molecular formula is C19H15BrN2O2S. The summed E-state index contributed by atoms with van der Waals surface area (Å²) in [6.45, 7) is 4.52. The molecule has 25 heavy (non-hydrogen) atoms. The molecule has 0 fully saturated rings. The van der Waals surface area contributed by atoms with Gasteiger partial charge in [-0.25, -0.2) is 0 Å². The van der Waals surface area contributed by atoms with Crippen molar-refractivity contribution in [2.45, 2.75) is 13.8 Å². The van der Waals surface area contributed by atoms with E-state index in [1.165, 1.54) is 0 Å². The van der Waals surface area contributed by atoms with Crippen LogP contribution >= 0.6 is 27.3 Å². The third-order valence-corrected chi connectivity index (χ3v) is 5.91. The summed E-state index contributed by atoms with van der Waals surface area (Å²) in [5, 5.41) is 9.40. The number of nitrogens with zero attached hydrogens (tertiary/aromatic N) is 1. The maximum absolute atomic E-state index is 12.4. The van der Waals surface area contributed by atoms with Gasteiger partial charge in [0.05, 0.1) is 6.61 Å². The minimum Gasteiger partial charge on any atom is -0.494 e. The summed E-state index contributed by atoms with van der Waals surface area (Å²) in [6, 6.07) is 13.3. The molecule has 4 nitrogen and oxygen atoms in total. The lowest BCUT2D eigenvalue weighted by Gasteiger charge is -2.08. The van der Waals surface area contributed by atoms with Crippen molar-refractivity contribution in [3.05, 3.63) is 61.7 Å². The van der Waals surface area contributed by atoms with Gasteiger partial charge in [0, 0.05) is 25.5 Å². The van der Waals surface area contributed by atoms with Gasteiger partial charge >= 0.3 is 0 Å². The molecule has 2 heterocycles. The van der Waals surface area contributed by atoms with Crippen molar-refractivity contribution in [2.75, 3.05) is 6.61 Å². The summed E-state index contributed by atoms with van der Waals surface area (Å²) in [5.41, 5.74) is 1.92. The molecule has 3 rings (SSSR count). The van der Waals surface area contributed by atoms with Gasteiger partial charge in [-0.15, -0.1) is 11.3 Å². The molecule has 0 spiro atoms. The van der Waals surface area contributed by atoms with E-state index in [2.05, 4.69) is 20.9 Å². The number of halogens is 1. The van der Waals surface area contributed by atoms with Crippen LogP contribution in [0.2, 0.25) is 0 Å². The van der Waals surface area contributed by atoms with Crippen LogP contribution in [0.4, 0.5) is 0 Å². The van der Waals surface area contributed by atoms with Gasteiger partial charge in [0.1, 0.15) is 17.4 Å². The molecule has 0 bridgehead atoms. The Balaban J connectivity index is 2.13. The van der Waals surface area contributed by atoms with Gasteiger partial charge in [-0.1, -0.05) is 0 Å². The predicted octanol–water partition coefficient (Wildman–Crippen LogP) is 5.11. The van der Waals surface area contributed by atoms with E-state index in [9.17, 15) is 10.1 Å². The quantitative estimate of drug-likeness (QED) is 0.644. The van der Waals surface area contributed by atoms with E-state index in [1.807, 2.05) is 56.3 Å². The zero-order valence-electron chi connectivity index (χ0n) is 13.7. The van der Waals surface area contributed by atoms with Crippen molar-refractivity contribution < 1.29 is 4.74 Å². The summed E-state index contributed by atoms with van der Waals surface area (Å²) in [6.07, 6.45) is 0. The molecule has 0 aliphatic heterocycles. The molecule has 0 atom stereocenters. The number of aryl methyl sites for hydroxylation is 1. The summed E-state index contributed by atoms with van der Waals surface area (Å²) in [4.78, 5) is 17.2. The van der Waals surface area contributed by atoms with Gasteiger partial charge in [0.2, 0.25) is 0 Å². The number of benzene rings is 1. The van der Waals surface area contributed by atoms with E-state index < -0.39 is 0 Å². The molecule has 126 valence electrons. The maximum atomic E-state index is 12.4. The molecule has 1 aromatic carbocycles. The number of ether oxygens (including phenoxy) is 1. The monoisotopic (exact) mass is 414 g/mol. The molecule has 0 aliphatic rings. The van der Waals surface area contributed by atoms with Crippen molar-refractivity contribution in [3.63, 3.8) is 0 Å². The van der Waals surface area contributed by atoms with Crippen LogP contribution in [-0.4, -0.2) is 11.6 Å². The second-order valence-corrected chi connectivity index (χ2v) is 7.50. The third-order valence-electron chi connectivity index (χ3n) is 3.74. The Morgan fingerprint density at radius 3 is 2.56 bits per heavy atom. The molecule has 0 amide bonds. The zero-order chi connectivity index (χ0) is 18.0. The van der Waals surface area contributed by atoms with Crippen LogP contribution in [0.25, 0.3) is 21.7 Å². The molecule has 1 N–H and O–H groups in total. The van der Waals surface area contributed by atoms with Gasteiger partial charge in [0.25, 0.3) is 5.56 Å². The number of aromatic amines is 1. The third kappa shape index (κ3) is 3.53. The number of nitriles is 1. The number of nitrogens with one attached hydrogen (secondary N) is 1. The molecule has 0 saturated heterocycles. The van der Waals surface area contributed by atoms with E-state index in [0.29, 0.717) is 17.9 Å². The van der Waals surface area contributed by atoms with E-state index in [-0.39, 0.29) is 11.1 Å². The largest absolute Gasteiger partial charge is 0.494 e. The summed E-state index contributed by atoms with van der Waals surface area (Å²) >= 11 is 5.04. The van der Waals surface area contributed by atoms with Gasteiger partial charge in [-0.3, -0.25) is 4.79 Å². The Morgan fingerprint density at radius 1 is 1.28 bits per heavy atom. The van der Waals surface area contributed by atoms with E-state index in [4.69, 9.17) is 4.74 Å². The molecule has 0 unspecified atom stereocenters. The van der Waals surface area contributed by atoms with Crippen LogP contribution in [0.15, 0.2) is 45.7 Å². The highest BCUT2D eigenvalue weighted by molar-refractivity contribution is 9.10. The van der Waals surface area contributed by atoms with Gasteiger partial charge in [0.15, 0.2) is 0 Å². The fraction of sp³-hybridized carbons (Fsp3) is 0.158. The second kappa shape index (κ2) is 7.26. The van der Waals surface area contributed by atoms with Crippen molar-refractivity contribution in [2.24, 2.45) is 0 Å². The number of thiophene rings is 1. The topological polar surface area (TPSA) is 65.9 Å². The van der Waals surface area contributed by atoms with E-state index >= 15 is 0 Å². The van der Waals surface area contributed by atoms with Crippen LogP contribution in [0.3, 0.4) is 0 Å². The van der Waals surface area contributed by atoms with Gasteiger partial charge < -0.3 is 9.72 Å². The zero-order valence-corrected chi connectivity index (χ0v) is 16.1. The Kier molecular flexibility index (Phi) is 5.07. The average Bonchev–Trinajstić information content (AvgIpc) is 2.94.